The topological polar surface area (TPSA) is 99.8 Å². The lowest BCUT2D eigenvalue weighted by Crippen LogP contribution is -2.55. The fourth-order valence-electron chi connectivity index (χ4n) is 4.91. The molecule has 2 N–H and O–H groups in total. The highest BCUT2D eigenvalue weighted by Gasteiger charge is 2.36. The molecule has 0 radical (unpaired) electrons. The number of pyridine rings is 2. The summed E-state index contributed by atoms with van der Waals surface area (Å²) >= 11 is 0. The van der Waals surface area contributed by atoms with Crippen molar-refractivity contribution in [3.8, 4) is 22.8 Å². The van der Waals surface area contributed by atoms with Crippen LogP contribution in [0.3, 0.4) is 0 Å². The minimum Gasteiger partial charge on any atom is -0.484 e. The van der Waals surface area contributed by atoms with Crippen LogP contribution in [0.15, 0.2) is 41.5 Å². The molecule has 1 amide bonds. The van der Waals surface area contributed by atoms with Gasteiger partial charge in [0, 0.05) is 54.8 Å². The third-order valence-corrected chi connectivity index (χ3v) is 7.22. The van der Waals surface area contributed by atoms with Crippen molar-refractivity contribution in [2.45, 2.75) is 32.1 Å². The van der Waals surface area contributed by atoms with E-state index in [1.807, 2.05) is 25.8 Å². The molecule has 212 valence electrons. The Balaban J connectivity index is 1.60. The highest BCUT2D eigenvalue weighted by molar-refractivity contribution is 6.07. The summed E-state index contributed by atoms with van der Waals surface area (Å²) in [5.74, 6) is -1.15. The molecule has 0 saturated carbocycles. The van der Waals surface area contributed by atoms with E-state index in [9.17, 15) is 22.8 Å². The number of aromatic amines is 1. The number of aromatic nitrogens is 2. The number of alkyl halides is 3. The Bertz CT molecular complexity index is 1500. The maximum Gasteiger partial charge on any atom is 0.417 e. The van der Waals surface area contributed by atoms with Gasteiger partial charge in [0.2, 0.25) is 5.56 Å². The molecule has 40 heavy (non-hydrogen) atoms. The average molecular weight is 562 g/mol. The number of anilines is 2. The Morgan fingerprint density at radius 2 is 1.80 bits per heavy atom. The highest BCUT2D eigenvalue weighted by Crippen LogP contribution is 2.39. The third-order valence-electron chi connectivity index (χ3n) is 7.22. The Morgan fingerprint density at radius 3 is 2.50 bits per heavy atom. The Labute approximate surface area is 226 Å². The second-order valence-corrected chi connectivity index (χ2v) is 9.92. The molecule has 1 fully saturated rings. The molecule has 0 bridgehead atoms. The van der Waals surface area contributed by atoms with Gasteiger partial charge in [0.15, 0.2) is 5.75 Å². The maximum atomic E-state index is 15.7. The Hall–Kier alpha value is -4.13. The van der Waals surface area contributed by atoms with Gasteiger partial charge in [0.1, 0.15) is 19.0 Å². The zero-order chi connectivity index (χ0) is 28.8. The SMILES string of the molecule is C[C@@H]1CN(c2cc(F)c(-c3cnc4c(c3)OCCO4)cc2NC(=O)c2c[nH]c(=O)cc2C(F)(F)F)C[C@H](C)N1C. The van der Waals surface area contributed by atoms with Crippen LogP contribution in [0, 0.1) is 5.82 Å². The summed E-state index contributed by atoms with van der Waals surface area (Å²) in [7, 11) is 1.97. The molecule has 4 heterocycles. The molecule has 13 heteroatoms. The number of hydrogen-bond acceptors (Lipinski definition) is 7. The number of hydrogen-bond donors (Lipinski definition) is 2. The molecule has 5 rings (SSSR count). The van der Waals surface area contributed by atoms with Gasteiger partial charge in [-0.3, -0.25) is 14.5 Å². The lowest BCUT2D eigenvalue weighted by atomic mass is 10.0. The van der Waals surface area contributed by atoms with Crippen molar-refractivity contribution >= 4 is 17.3 Å². The van der Waals surface area contributed by atoms with Crippen LogP contribution in [-0.2, 0) is 6.18 Å². The van der Waals surface area contributed by atoms with Crippen LogP contribution in [0.2, 0.25) is 0 Å². The number of carbonyl (C=O) groups is 1. The van der Waals surface area contributed by atoms with Gasteiger partial charge < -0.3 is 24.7 Å². The normalized spacial score (nSPS) is 19.4. The molecule has 2 atom stereocenters. The molecule has 0 unspecified atom stereocenters. The van der Waals surface area contributed by atoms with Crippen molar-refractivity contribution < 1.29 is 31.8 Å². The van der Waals surface area contributed by atoms with Gasteiger partial charge in [-0.2, -0.15) is 13.2 Å². The predicted octanol–water partition coefficient (Wildman–Crippen LogP) is 4.15. The van der Waals surface area contributed by atoms with Gasteiger partial charge in [0.05, 0.1) is 22.5 Å². The first kappa shape index (κ1) is 27.4. The molecular formula is C27H27F4N5O4. The first-order chi connectivity index (χ1) is 18.9. The van der Waals surface area contributed by atoms with Crippen molar-refractivity contribution in [1.82, 2.24) is 14.9 Å². The molecule has 1 aromatic carbocycles. The van der Waals surface area contributed by atoms with Crippen molar-refractivity contribution in [2.24, 2.45) is 0 Å². The standard InChI is InChI=1S/C27H27F4N5O4/c1-14-12-36(13-15(2)35(14)3)22-9-20(28)17(16-6-23-26(33-10-16)40-5-4-39-23)7-21(22)34-25(38)18-11-32-24(37)8-19(18)27(29,30)31/h6-11,14-15H,4-5,12-13H2,1-3H3,(H,32,37)(H,34,38)/t14-,15+. The van der Waals surface area contributed by atoms with Crippen molar-refractivity contribution in [3.05, 3.63) is 64.0 Å². The van der Waals surface area contributed by atoms with E-state index in [-0.39, 0.29) is 29.2 Å². The van der Waals surface area contributed by atoms with Crippen LogP contribution in [-0.4, -0.2) is 66.2 Å². The molecule has 0 aliphatic carbocycles. The number of nitrogens with zero attached hydrogens (tertiary/aromatic N) is 3. The monoisotopic (exact) mass is 561 g/mol. The smallest absolute Gasteiger partial charge is 0.417 e. The quantitative estimate of drug-likeness (QED) is 0.462. The van der Waals surface area contributed by atoms with Crippen LogP contribution >= 0.6 is 0 Å². The van der Waals surface area contributed by atoms with E-state index < -0.39 is 34.6 Å². The fourth-order valence-corrected chi connectivity index (χ4v) is 4.91. The number of rotatable bonds is 4. The van der Waals surface area contributed by atoms with Crippen molar-refractivity contribution in [3.63, 3.8) is 0 Å². The second-order valence-electron chi connectivity index (χ2n) is 9.92. The lowest BCUT2D eigenvalue weighted by molar-refractivity contribution is -0.138. The molecule has 1 saturated heterocycles. The highest BCUT2D eigenvalue weighted by atomic mass is 19.4. The Kier molecular flexibility index (Phi) is 7.17. The van der Waals surface area contributed by atoms with Gasteiger partial charge in [-0.25, -0.2) is 9.37 Å². The number of carbonyl (C=O) groups excluding carboxylic acids is 1. The minimum atomic E-state index is -4.95. The van der Waals surface area contributed by atoms with Crippen molar-refractivity contribution in [1.29, 1.82) is 0 Å². The van der Waals surface area contributed by atoms with Crippen LogP contribution in [0.1, 0.15) is 29.8 Å². The largest absolute Gasteiger partial charge is 0.484 e. The number of piperazine rings is 1. The number of nitrogens with one attached hydrogen (secondary N) is 2. The van der Waals surface area contributed by atoms with Gasteiger partial charge >= 0.3 is 6.18 Å². The fraction of sp³-hybridized carbons (Fsp3) is 0.370. The molecule has 2 aliphatic rings. The van der Waals surface area contributed by atoms with Gasteiger partial charge in [-0.05, 0) is 39.1 Å². The molecule has 3 aromatic rings. The van der Waals surface area contributed by atoms with Crippen molar-refractivity contribution in [2.75, 3.05) is 43.6 Å². The Morgan fingerprint density at radius 1 is 1.10 bits per heavy atom. The summed E-state index contributed by atoms with van der Waals surface area (Å²) in [6.45, 7) is 5.60. The van der Waals surface area contributed by atoms with Crippen LogP contribution < -0.4 is 25.2 Å². The number of amides is 1. The number of benzene rings is 1. The third kappa shape index (κ3) is 5.33. The second kappa shape index (κ2) is 10.5. The zero-order valence-corrected chi connectivity index (χ0v) is 21.9. The summed E-state index contributed by atoms with van der Waals surface area (Å²) in [6.07, 6.45) is -2.84. The first-order valence-corrected chi connectivity index (χ1v) is 12.6. The number of ether oxygens (including phenoxy) is 2. The zero-order valence-electron chi connectivity index (χ0n) is 21.9. The molecule has 2 aliphatic heterocycles. The van der Waals surface area contributed by atoms with E-state index in [0.29, 0.717) is 49.4 Å². The number of fused-ring (bicyclic) bond motifs is 1. The van der Waals surface area contributed by atoms with E-state index >= 15 is 4.39 Å². The summed E-state index contributed by atoms with van der Waals surface area (Å²) in [5, 5.41) is 2.54. The minimum absolute atomic E-state index is 0.0521. The number of H-pyrrole nitrogens is 1. The summed E-state index contributed by atoms with van der Waals surface area (Å²) in [4.78, 5) is 35.2. The summed E-state index contributed by atoms with van der Waals surface area (Å²) < 4.78 is 67.7. The van der Waals surface area contributed by atoms with E-state index in [0.717, 1.165) is 6.20 Å². The average Bonchev–Trinajstić information content (AvgIpc) is 2.91. The summed E-state index contributed by atoms with van der Waals surface area (Å²) in [6, 6.07) is 4.65. The van der Waals surface area contributed by atoms with Crippen LogP contribution in [0.4, 0.5) is 28.9 Å². The van der Waals surface area contributed by atoms with E-state index in [2.05, 4.69) is 20.2 Å². The molecular weight excluding hydrogens is 534 g/mol. The van der Waals surface area contributed by atoms with Gasteiger partial charge in [0.25, 0.3) is 11.8 Å². The predicted molar refractivity (Wildman–Crippen MR) is 140 cm³/mol. The molecule has 9 nitrogen and oxygen atoms in total. The van der Waals surface area contributed by atoms with Gasteiger partial charge in [-0.1, -0.05) is 0 Å². The number of halogens is 4. The molecule has 0 spiro atoms. The summed E-state index contributed by atoms with van der Waals surface area (Å²) in [5.41, 5.74) is -2.37. The van der Waals surface area contributed by atoms with Crippen LogP contribution in [0.25, 0.3) is 11.1 Å². The van der Waals surface area contributed by atoms with Gasteiger partial charge in [-0.15, -0.1) is 0 Å². The van der Waals surface area contributed by atoms with E-state index in [1.165, 1.54) is 18.3 Å². The first-order valence-electron chi connectivity index (χ1n) is 12.6. The molecule has 2 aromatic heterocycles. The van der Waals surface area contributed by atoms with Crippen LogP contribution in [0.5, 0.6) is 11.6 Å². The number of likely N-dealkylation sites (N-methyl/N-ethyl adjacent to an activating group) is 1. The van der Waals surface area contributed by atoms with E-state index in [1.54, 1.807) is 6.07 Å². The lowest BCUT2D eigenvalue weighted by Gasteiger charge is -2.44. The van der Waals surface area contributed by atoms with E-state index in [4.69, 9.17) is 9.47 Å². The maximum absolute atomic E-state index is 15.7.